The lowest BCUT2D eigenvalue weighted by Crippen LogP contribution is -2.43. The highest BCUT2D eigenvalue weighted by Gasteiger charge is 2.10. The molecule has 0 saturated heterocycles. The van der Waals surface area contributed by atoms with Gasteiger partial charge in [-0.15, -0.1) is 0 Å². The number of hydrogen-bond acceptors (Lipinski definition) is 3. The van der Waals surface area contributed by atoms with Gasteiger partial charge in [0.2, 0.25) is 0 Å². The summed E-state index contributed by atoms with van der Waals surface area (Å²) in [5.41, 5.74) is 2.24. The van der Waals surface area contributed by atoms with Gasteiger partial charge in [-0.25, -0.2) is 8.42 Å². The van der Waals surface area contributed by atoms with Crippen LogP contribution in [0.4, 0.5) is 0 Å². The molecule has 0 aliphatic rings. The zero-order valence-electron chi connectivity index (χ0n) is 15.5. The molecule has 8 heteroatoms. The van der Waals surface area contributed by atoms with Crippen LogP contribution in [0.25, 0.3) is 10.9 Å². The monoisotopic (exact) mass is 398 g/mol. The molecule has 0 bridgehead atoms. The lowest BCUT2D eigenvalue weighted by atomic mass is 10.1. The molecule has 1 unspecified atom stereocenters. The largest absolute Gasteiger partial charge is 0.361 e. The van der Waals surface area contributed by atoms with E-state index in [0.717, 1.165) is 28.9 Å². The van der Waals surface area contributed by atoms with Gasteiger partial charge in [0.1, 0.15) is 9.84 Å². The SMILES string of the molecule is CCNC(=NCCc1c[nH]c2ccc(Cl)cc12)NC(C)CCS(C)(=O)=O. The van der Waals surface area contributed by atoms with Gasteiger partial charge in [-0.05, 0) is 50.5 Å². The Morgan fingerprint density at radius 1 is 1.38 bits per heavy atom. The van der Waals surface area contributed by atoms with Crippen LogP contribution in [0.5, 0.6) is 0 Å². The Kier molecular flexibility index (Phi) is 7.34. The number of H-pyrrole nitrogens is 1. The number of sulfone groups is 1. The second-order valence-corrected chi connectivity index (χ2v) is 9.17. The van der Waals surface area contributed by atoms with E-state index in [4.69, 9.17) is 11.6 Å². The Bertz CT molecular complexity index is 861. The third-order valence-corrected chi connectivity index (χ3v) is 5.24. The van der Waals surface area contributed by atoms with Gasteiger partial charge in [0.25, 0.3) is 0 Å². The number of guanidine groups is 1. The van der Waals surface area contributed by atoms with Crippen molar-refractivity contribution in [1.29, 1.82) is 0 Å². The first-order chi connectivity index (χ1) is 12.3. The first-order valence-corrected chi connectivity index (χ1v) is 11.2. The van der Waals surface area contributed by atoms with Crippen molar-refractivity contribution < 1.29 is 8.42 Å². The Morgan fingerprint density at radius 3 is 2.85 bits per heavy atom. The fourth-order valence-corrected chi connectivity index (χ4v) is 3.62. The Balaban J connectivity index is 1.96. The average Bonchev–Trinajstić information content (AvgIpc) is 2.95. The minimum absolute atomic E-state index is 0.0226. The molecular weight excluding hydrogens is 372 g/mol. The topological polar surface area (TPSA) is 86.3 Å². The van der Waals surface area contributed by atoms with E-state index in [9.17, 15) is 8.42 Å². The molecule has 1 aromatic carbocycles. The number of hydrogen-bond donors (Lipinski definition) is 3. The van der Waals surface area contributed by atoms with Crippen LogP contribution in [0, 0.1) is 0 Å². The minimum atomic E-state index is -2.95. The van der Waals surface area contributed by atoms with E-state index in [-0.39, 0.29) is 11.8 Å². The van der Waals surface area contributed by atoms with Crippen molar-refractivity contribution in [2.24, 2.45) is 4.99 Å². The molecule has 144 valence electrons. The van der Waals surface area contributed by atoms with E-state index in [1.807, 2.05) is 38.2 Å². The van der Waals surface area contributed by atoms with Crippen molar-refractivity contribution in [1.82, 2.24) is 15.6 Å². The molecule has 3 N–H and O–H groups in total. The van der Waals surface area contributed by atoms with Gasteiger partial charge in [0.05, 0.1) is 5.75 Å². The highest BCUT2D eigenvalue weighted by Crippen LogP contribution is 2.22. The van der Waals surface area contributed by atoms with Crippen LogP contribution in [0.15, 0.2) is 29.4 Å². The van der Waals surface area contributed by atoms with Crippen LogP contribution < -0.4 is 10.6 Å². The van der Waals surface area contributed by atoms with Crippen molar-refractivity contribution in [2.45, 2.75) is 32.7 Å². The quantitative estimate of drug-likeness (QED) is 0.471. The molecule has 26 heavy (non-hydrogen) atoms. The number of nitrogens with zero attached hydrogens (tertiary/aromatic N) is 1. The molecule has 1 atom stereocenters. The average molecular weight is 399 g/mol. The fourth-order valence-electron chi connectivity index (χ4n) is 2.66. The van der Waals surface area contributed by atoms with Crippen molar-refractivity contribution in [2.75, 3.05) is 25.1 Å². The highest BCUT2D eigenvalue weighted by atomic mass is 35.5. The summed E-state index contributed by atoms with van der Waals surface area (Å²) < 4.78 is 22.6. The molecule has 1 aromatic heterocycles. The van der Waals surface area contributed by atoms with Gasteiger partial charge in [0, 0.05) is 47.5 Å². The molecule has 0 aliphatic carbocycles. The Hall–Kier alpha value is -1.73. The smallest absolute Gasteiger partial charge is 0.191 e. The maximum atomic E-state index is 11.3. The zero-order chi connectivity index (χ0) is 19.2. The molecular formula is C18H27ClN4O2S. The molecule has 0 saturated carbocycles. The van der Waals surface area contributed by atoms with Crippen molar-refractivity contribution in [3.8, 4) is 0 Å². The van der Waals surface area contributed by atoms with Crippen LogP contribution in [0.1, 0.15) is 25.8 Å². The lowest BCUT2D eigenvalue weighted by Gasteiger charge is -2.17. The zero-order valence-corrected chi connectivity index (χ0v) is 17.0. The number of aromatic nitrogens is 1. The van der Waals surface area contributed by atoms with Gasteiger partial charge in [0.15, 0.2) is 5.96 Å². The van der Waals surface area contributed by atoms with Crippen molar-refractivity contribution >= 4 is 38.3 Å². The molecule has 0 spiro atoms. The van der Waals surface area contributed by atoms with Gasteiger partial charge in [-0.3, -0.25) is 4.99 Å². The third-order valence-electron chi connectivity index (χ3n) is 4.03. The summed E-state index contributed by atoms with van der Waals surface area (Å²) in [6.07, 6.45) is 4.58. The molecule has 2 aromatic rings. The van der Waals surface area contributed by atoms with E-state index in [2.05, 4.69) is 20.6 Å². The summed E-state index contributed by atoms with van der Waals surface area (Å²) in [4.78, 5) is 7.85. The molecule has 0 amide bonds. The predicted octanol–water partition coefficient (Wildman–Crippen LogP) is 2.74. The second kappa shape index (κ2) is 9.28. The number of aromatic amines is 1. The van der Waals surface area contributed by atoms with Crippen LogP contribution in [-0.4, -0.2) is 50.5 Å². The molecule has 0 aliphatic heterocycles. The van der Waals surface area contributed by atoms with Gasteiger partial charge < -0.3 is 15.6 Å². The van der Waals surface area contributed by atoms with Gasteiger partial charge >= 0.3 is 0 Å². The molecule has 0 radical (unpaired) electrons. The highest BCUT2D eigenvalue weighted by molar-refractivity contribution is 7.90. The number of benzene rings is 1. The molecule has 0 fully saturated rings. The van der Waals surface area contributed by atoms with Crippen LogP contribution in [0.3, 0.4) is 0 Å². The number of aliphatic imine (C=N–C) groups is 1. The lowest BCUT2D eigenvalue weighted by molar-refractivity contribution is 0.581. The normalized spacial score (nSPS) is 13.8. The number of rotatable bonds is 8. The van der Waals surface area contributed by atoms with E-state index >= 15 is 0 Å². The Morgan fingerprint density at radius 2 is 2.15 bits per heavy atom. The molecule has 6 nitrogen and oxygen atoms in total. The fraction of sp³-hybridized carbons (Fsp3) is 0.500. The maximum absolute atomic E-state index is 11.3. The van der Waals surface area contributed by atoms with Crippen molar-refractivity contribution in [3.05, 3.63) is 35.0 Å². The standard InChI is InChI=1S/C18H27ClN4O2S/c1-4-20-18(23-13(2)8-10-26(3,24)25)21-9-7-14-12-22-17-6-5-15(19)11-16(14)17/h5-6,11-13,22H,4,7-10H2,1-3H3,(H2,20,21,23). The van der Waals surface area contributed by atoms with E-state index < -0.39 is 9.84 Å². The number of nitrogens with one attached hydrogen (secondary N) is 3. The number of halogens is 1. The molecule has 2 rings (SSSR count). The van der Waals surface area contributed by atoms with E-state index in [0.29, 0.717) is 18.9 Å². The Labute approximate surface area is 160 Å². The van der Waals surface area contributed by atoms with Crippen LogP contribution in [0.2, 0.25) is 5.02 Å². The van der Waals surface area contributed by atoms with Crippen molar-refractivity contribution in [3.63, 3.8) is 0 Å². The van der Waals surface area contributed by atoms with E-state index in [1.54, 1.807) is 0 Å². The van der Waals surface area contributed by atoms with Gasteiger partial charge in [-0.2, -0.15) is 0 Å². The summed E-state index contributed by atoms with van der Waals surface area (Å²) in [7, 11) is -2.95. The summed E-state index contributed by atoms with van der Waals surface area (Å²) >= 11 is 6.09. The first kappa shape index (κ1) is 20.6. The molecule has 1 heterocycles. The summed E-state index contributed by atoms with van der Waals surface area (Å²) in [6.45, 7) is 5.32. The summed E-state index contributed by atoms with van der Waals surface area (Å²) in [5.74, 6) is 0.864. The van der Waals surface area contributed by atoms with Crippen LogP contribution >= 0.6 is 11.6 Å². The number of fused-ring (bicyclic) bond motifs is 1. The third kappa shape index (κ3) is 6.53. The van der Waals surface area contributed by atoms with E-state index in [1.165, 1.54) is 11.8 Å². The second-order valence-electron chi connectivity index (χ2n) is 6.48. The maximum Gasteiger partial charge on any atom is 0.191 e. The first-order valence-electron chi connectivity index (χ1n) is 8.76. The summed E-state index contributed by atoms with van der Waals surface area (Å²) in [5, 5.41) is 8.30. The minimum Gasteiger partial charge on any atom is -0.361 e. The predicted molar refractivity (Wildman–Crippen MR) is 110 cm³/mol. The summed E-state index contributed by atoms with van der Waals surface area (Å²) in [6, 6.07) is 5.82. The van der Waals surface area contributed by atoms with Gasteiger partial charge in [-0.1, -0.05) is 11.6 Å². The van der Waals surface area contributed by atoms with Crippen LogP contribution in [-0.2, 0) is 16.3 Å².